The molecule has 0 aliphatic carbocycles. The maximum Gasteiger partial charge on any atom is 0.304 e. The molecule has 2 rings (SSSR count). The summed E-state index contributed by atoms with van der Waals surface area (Å²) in [5.74, 6) is -1.87. The number of benzene rings is 1. The molecule has 1 amide bonds. The van der Waals surface area contributed by atoms with Crippen LogP contribution >= 0.6 is 15.9 Å². The summed E-state index contributed by atoms with van der Waals surface area (Å²) in [7, 11) is -3.93. The van der Waals surface area contributed by atoms with Gasteiger partial charge in [-0.2, -0.15) is 12.7 Å². The lowest BCUT2D eigenvalue weighted by molar-refractivity contribution is 0.0974. The van der Waals surface area contributed by atoms with E-state index in [4.69, 9.17) is 4.74 Å². The minimum atomic E-state index is -3.93. The lowest BCUT2D eigenvalue weighted by Crippen LogP contribution is -2.42. The Balaban J connectivity index is 2.23. The number of hydrogen-bond acceptors (Lipinski definition) is 4. The van der Waals surface area contributed by atoms with Crippen molar-refractivity contribution in [1.29, 1.82) is 0 Å². The van der Waals surface area contributed by atoms with Gasteiger partial charge in [0.2, 0.25) is 0 Å². The topological polar surface area (TPSA) is 75.7 Å². The molecule has 0 spiro atoms. The van der Waals surface area contributed by atoms with Gasteiger partial charge in [-0.25, -0.2) is 9.11 Å². The fourth-order valence-corrected chi connectivity index (χ4v) is 3.86. The molecule has 134 valence electrons. The highest BCUT2D eigenvalue weighted by molar-refractivity contribution is 9.10. The van der Waals surface area contributed by atoms with Crippen molar-refractivity contribution in [3.63, 3.8) is 0 Å². The van der Waals surface area contributed by atoms with E-state index < -0.39 is 21.9 Å². The summed E-state index contributed by atoms with van der Waals surface area (Å²) in [5.41, 5.74) is -0.144. The zero-order valence-electron chi connectivity index (χ0n) is 13.3. The molecule has 1 saturated heterocycles. The van der Waals surface area contributed by atoms with Crippen LogP contribution in [-0.4, -0.2) is 38.3 Å². The molecule has 0 bridgehead atoms. The molecule has 1 aliphatic rings. The van der Waals surface area contributed by atoms with Crippen molar-refractivity contribution in [3.8, 4) is 5.75 Å². The van der Waals surface area contributed by atoms with Crippen LogP contribution < -0.4 is 9.46 Å². The lowest BCUT2D eigenvalue weighted by Gasteiger charge is -2.17. The molecule has 0 saturated carbocycles. The number of nitrogens with one attached hydrogen (secondary N) is 1. The van der Waals surface area contributed by atoms with Gasteiger partial charge in [-0.05, 0) is 47.3 Å². The molecule has 24 heavy (non-hydrogen) atoms. The van der Waals surface area contributed by atoms with Gasteiger partial charge in [-0.1, -0.05) is 13.3 Å². The smallest absolute Gasteiger partial charge is 0.304 e. The number of hydrogen-bond donors (Lipinski definition) is 1. The van der Waals surface area contributed by atoms with Crippen molar-refractivity contribution in [2.45, 2.75) is 32.6 Å². The average Bonchev–Trinajstić information content (AvgIpc) is 3.06. The van der Waals surface area contributed by atoms with Gasteiger partial charge < -0.3 is 4.74 Å². The fraction of sp³-hybridized carbons (Fsp3) is 0.533. The Kier molecular flexibility index (Phi) is 6.59. The molecule has 1 aromatic rings. The summed E-state index contributed by atoms with van der Waals surface area (Å²) in [6.07, 6.45) is 3.06. The molecule has 1 aromatic carbocycles. The summed E-state index contributed by atoms with van der Waals surface area (Å²) in [4.78, 5) is 12.4. The second-order valence-electron chi connectivity index (χ2n) is 5.48. The van der Waals surface area contributed by atoms with E-state index in [-0.39, 0.29) is 22.4 Å². The molecule has 1 N–H and O–H groups in total. The van der Waals surface area contributed by atoms with E-state index in [1.54, 1.807) is 0 Å². The maximum atomic E-state index is 14.3. The lowest BCUT2D eigenvalue weighted by atomic mass is 10.2. The van der Waals surface area contributed by atoms with Crippen LogP contribution in [0.5, 0.6) is 5.75 Å². The van der Waals surface area contributed by atoms with E-state index >= 15 is 0 Å². The van der Waals surface area contributed by atoms with E-state index in [0.717, 1.165) is 19.3 Å². The van der Waals surface area contributed by atoms with Gasteiger partial charge in [-0.3, -0.25) is 4.79 Å². The third kappa shape index (κ3) is 4.46. The van der Waals surface area contributed by atoms with Crippen molar-refractivity contribution >= 4 is 32.0 Å². The Labute approximate surface area is 149 Å². The maximum absolute atomic E-state index is 14.3. The van der Waals surface area contributed by atoms with Crippen molar-refractivity contribution in [2.24, 2.45) is 0 Å². The molecule has 0 aromatic heterocycles. The average molecular weight is 423 g/mol. The van der Waals surface area contributed by atoms with Crippen LogP contribution in [0.15, 0.2) is 16.6 Å². The van der Waals surface area contributed by atoms with Crippen LogP contribution in [0, 0.1) is 5.82 Å². The van der Waals surface area contributed by atoms with E-state index in [2.05, 4.69) is 15.9 Å². The quantitative estimate of drug-likeness (QED) is 0.685. The second-order valence-corrected chi connectivity index (χ2v) is 8.01. The van der Waals surface area contributed by atoms with Crippen molar-refractivity contribution in [2.75, 3.05) is 19.7 Å². The van der Waals surface area contributed by atoms with E-state index in [1.807, 2.05) is 11.6 Å². The highest BCUT2D eigenvalue weighted by Crippen LogP contribution is 2.29. The Hall–Kier alpha value is -1.19. The van der Waals surface area contributed by atoms with Gasteiger partial charge in [0.25, 0.3) is 5.91 Å². The Morgan fingerprint density at radius 1 is 1.38 bits per heavy atom. The van der Waals surface area contributed by atoms with Crippen LogP contribution in [0.2, 0.25) is 0 Å². The number of carbonyl (C=O) groups is 1. The molecule has 0 radical (unpaired) electrons. The monoisotopic (exact) mass is 422 g/mol. The molecule has 0 unspecified atom stereocenters. The first kappa shape index (κ1) is 19.1. The van der Waals surface area contributed by atoms with E-state index in [1.165, 1.54) is 16.4 Å². The number of carbonyl (C=O) groups excluding carboxylic acids is 1. The predicted octanol–water partition coefficient (Wildman–Crippen LogP) is 2.84. The number of halogens is 2. The molecule has 0 atom stereocenters. The number of nitrogens with zero attached hydrogens (tertiary/aromatic N) is 1. The normalized spacial score (nSPS) is 15.5. The van der Waals surface area contributed by atoms with Crippen molar-refractivity contribution in [3.05, 3.63) is 28.0 Å². The fourth-order valence-electron chi connectivity index (χ4n) is 2.34. The van der Waals surface area contributed by atoms with Crippen LogP contribution in [0.1, 0.15) is 43.0 Å². The highest BCUT2D eigenvalue weighted by Gasteiger charge is 2.29. The molecule has 1 fully saturated rings. The zero-order valence-corrected chi connectivity index (χ0v) is 15.8. The first-order chi connectivity index (χ1) is 11.4. The first-order valence-electron chi connectivity index (χ1n) is 7.80. The van der Waals surface area contributed by atoms with Crippen LogP contribution in [0.3, 0.4) is 0 Å². The summed E-state index contributed by atoms with van der Waals surface area (Å²) in [6, 6.07) is 2.68. The van der Waals surface area contributed by atoms with Crippen molar-refractivity contribution in [1.82, 2.24) is 9.03 Å². The summed E-state index contributed by atoms with van der Waals surface area (Å²) in [5, 5.41) is 0. The Morgan fingerprint density at radius 2 is 2.04 bits per heavy atom. The highest BCUT2D eigenvalue weighted by atomic mass is 79.9. The van der Waals surface area contributed by atoms with Gasteiger partial charge in [0.15, 0.2) is 11.6 Å². The third-order valence-electron chi connectivity index (χ3n) is 3.67. The SMILES string of the molecule is CCCCOc1c(C(=O)NS(=O)(=O)N2CCCC2)ccc(Br)c1F. The number of ether oxygens (including phenoxy) is 1. The molecular weight excluding hydrogens is 403 g/mol. The van der Waals surface area contributed by atoms with E-state index in [0.29, 0.717) is 19.5 Å². The first-order valence-corrected chi connectivity index (χ1v) is 10.0. The predicted molar refractivity (Wildman–Crippen MR) is 91.7 cm³/mol. The van der Waals surface area contributed by atoms with Crippen LogP contribution in [0.4, 0.5) is 4.39 Å². The van der Waals surface area contributed by atoms with Gasteiger partial charge in [-0.15, -0.1) is 0 Å². The summed E-state index contributed by atoms with van der Waals surface area (Å²) < 4.78 is 47.4. The molecule has 1 aliphatic heterocycles. The molecular formula is C15H20BrFN2O4S. The van der Waals surface area contributed by atoms with Gasteiger partial charge in [0.1, 0.15) is 0 Å². The summed E-state index contributed by atoms with van der Waals surface area (Å²) >= 11 is 3.04. The van der Waals surface area contributed by atoms with Crippen LogP contribution in [-0.2, 0) is 10.2 Å². The van der Waals surface area contributed by atoms with Gasteiger partial charge >= 0.3 is 10.2 Å². The number of rotatable bonds is 7. The minimum absolute atomic E-state index is 0.144. The molecule has 1 heterocycles. The Morgan fingerprint density at radius 3 is 2.67 bits per heavy atom. The number of unbranched alkanes of at least 4 members (excludes halogenated alkanes) is 1. The zero-order chi connectivity index (χ0) is 17.7. The Bertz CT molecular complexity index is 706. The molecule has 9 heteroatoms. The third-order valence-corrected chi connectivity index (χ3v) is 5.77. The van der Waals surface area contributed by atoms with Crippen molar-refractivity contribution < 1.29 is 22.3 Å². The standard InChI is InChI=1S/C15H20BrFN2O4S/c1-2-3-10-23-14-11(6-7-12(16)13(14)17)15(20)18-24(21,22)19-8-4-5-9-19/h6-7H,2-5,8-10H2,1H3,(H,18,20). The van der Waals surface area contributed by atoms with Crippen LogP contribution in [0.25, 0.3) is 0 Å². The summed E-state index contributed by atoms with van der Waals surface area (Å²) in [6.45, 7) is 2.94. The second kappa shape index (κ2) is 8.26. The molecule has 6 nitrogen and oxygen atoms in total. The largest absolute Gasteiger partial charge is 0.490 e. The van der Waals surface area contributed by atoms with Gasteiger partial charge in [0, 0.05) is 13.1 Å². The minimum Gasteiger partial charge on any atom is -0.490 e. The number of amides is 1. The van der Waals surface area contributed by atoms with Gasteiger partial charge in [0.05, 0.1) is 16.6 Å². The van der Waals surface area contributed by atoms with E-state index in [9.17, 15) is 17.6 Å².